The van der Waals surface area contributed by atoms with E-state index < -0.39 is 0 Å². The highest BCUT2D eigenvalue weighted by Crippen LogP contribution is 2.18. The average molecular weight is 205 g/mol. The standard InChI is InChI=1S/C12H19N3/c13-7-11-4-5-15(9-11)8-10-2-1-3-12(14)6-10/h1-3,6,11H,4-5,7-9,13-14H2. The molecule has 0 amide bonds. The van der Waals surface area contributed by atoms with Gasteiger partial charge in [-0.3, -0.25) is 4.90 Å². The average Bonchev–Trinajstić information content (AvgIpc) is 2.65. The lowest BCUT2D eigenvalue weighted by atomic mass is 10.1. The minimum absolute atomic E-state index is 0.686. The topological polar surface area (TPSA) is 55.3 Å². The summed E-state index contributed by atoms with van der Waals surface area (Å²) in [6.07, 6.45) is 1.23. The van der Waals surface area contributed by atoms with Gasteiger partial charge in [0.05, 0.1) is 0 Å². The third kappa shape index (κ3) is 2.70. The van der Waals surface area contributed by atoms with Crippen LogP contribution in [-0.2, 0) is 6.54 Å². The van der Waals surface area contributed by atoms with Gasteiger partial charge in [0.2, 0.25) is 0 Å². The van der Waals surface area contributed by atoms with Crippen LogP contribution in [0.15, 0.2) is 24.3 Å². The molecule has 2 rings (SSSR count). The molecule has 0 aromatic heterocycles. The van der Waals surface area contributed by atoms with Gasteiger partial charge >= 0.3 is 0 Å². The number of nitrogens with two attached hydrogens (primary N) is 2. The molecule has 1 heterocycles. The molecule has 0 aliphatic carbocycles. The van der Waals surface area contributed by atoms with E-state index in [-0.39, 0.29) is 0 Å². The molecule has 1 aromatic carbocycles. The maximum absolute atomic E-state index is 5.75. The van der Waals surface area contributed by atoms with Crippen molar-refractivity contribution in [3.63, 3.8) is 0 Å². The van der Waals surface area contributed by atoms with Crippen LogP contribution in [0.2, 0.25) is 0 Å². The Bertz CT molecular complexity index is 324. The van der Waals surface area contributed by atoms with Gasteiger partial charge in [-0.15, -0.1) is 0 Å². The van der Waals surface area contributed by atoms with Crippen molar-refractivity contribution in [2.75, 3.05) is 25.4 Å². The van der Waals surface area contributed by atoms with Crippen molar-refractivity contribution in [1.82, 2.24) is 4.90 Å². The predicted molar refractivity (Wildman–Crippen MR) is 63.3 cm³/mol. The van der Waals surface area contributed by atoms with E-state index in [0.717, 1.165) is 31.9 Å². The highest BCUT2D eigenvalue weighted by Gasteiger charge is 2.20. The number of nitrogens with zero attached hydrogens (tertiary/aromatic N) is 1. The fourth-order valence-electron chi connectivity index (χ4n) is 2.20. The largest absolute Gasteiger partial charge is 0.399 e. The monoisotopic (exact) mass is 205 g/mol. The Morgan fingerprint density at radius 2 is 2.27 bits per heavy atom. The summed E-state index contributed by atoms with van der Waals surface area (Å²) < 4.78 is 0. The van der Waals surface area contributed by atoms with E-state index in [1.807, 2.05) is 12.1 Å². The van der Waals surface area contributed by atoms with E-state index in [4.69, 9.17) is 11.5 Å². The summed E-state index contributed by atoms with van der Waals surface area (Å²) in [6, 6.07) is 8.12. The third-order valence-corrected chi connectivity index (χ3v) is 3.06. The smallest absolute Gasteiger partial charge is 0.0317 e. The van der Waals surface area contributed by atoms with Gasteiger partial charge in [0.25, 0.3) is 0 Å². The maximum Gasteiger partial charge on any atom is 0.0317 e. The molecule has 1 aliphatic rings. The van der Waals surface area contributed by atoms with Gasteiger partial charge in [0.15, 0.2) is 0 Å². The number of rotatable bonds is 3. The van der Waals surface area contributed by atoms with Crippen LogP contribution in [0.5, 0.6) is 0 Å². The van der Waals surface area contributed by atoms with Crippen molar-refractivity contribution in [3.05, 3.63) is 29.8 Å². The SMILES string of the molecule is NCC1CCN(Cc2cccc(N)c2)C1. The first-order valence-electron chi connectivity index (χ1n) is 5.55. The molecule has 0 saturated carbocycles. The van der Waals surface area contributed by atoms with Crippen molar-refractivity contribution in [2.45, 2.75) is 13.0 Å². The minimum atomic E-state index is 0.686. The van der Waals surface area contributed by atoms with Crippen LogP contribution >= 0.6 is 0 Å². The lowest BCUT2D eigenvalue weighted by molar-refractivity contribution is 0.318. The molecule has 0 bridgehead atoms. The van der Waals surface area contributed by atoms with E-state index in [2.05, 4.69) is 17.0 Å². The molecule has 1 fully saturated rings. The van der Waals surface area contributed by atoms with E-state index in [0.29, 0.717) is 5.92 Å². The summed E-state index contributed by atoms with van der Waals surface area (Å²) in [6.45, 7) is 4.11. The lowest BCUT2D eigenvalue weighted by Crippen LogP contribution is -2.22. The van der Waals surface area contributed by atoms with Gasteiger partial charge in [-0.05, 0) is 43.1 Å². The van der Waals surface area contributed by atoms with Crippen LogP contribution in [0.1, 0.15) is 12.0 Å². The first kappa shape index (κ1) is 10.5. The van der Waals surface area contributed by atoms with Crippen LogP contribution in [-0.4, -0.2) is 24.5 Å². The molecule has 1 aromatic rings. The normalized spacial score (nSPS) is 22.1. The van der Waals surface area contributed by atoms with E-state index >= 15 is 0 Å². The van der Waals surface area contributed by atoms with Gasteiger partial charge in [-0.25, -0.2) is 0 Å². The van der Waals surface area contributed by atoms with Crippen molar-refractivity contribution in [3.8, 4) is 0 Å². The molecule has 0 spiro atoms. The maximum atomic E-state index is 5.75. The summed E-state index contributed by atoms with van der Waals surface area (Å²) >= 11 is 0. The molecule has 1 atom stereocenters. The molecule has 4 N–H and O–H groups in total. The number of benzene rings is 1. The number of nitrogen functional groups attached to an aromatic ring is 1. The Morgan fingerprint density at radius 1 is 1.40 bits per heavy atom. The fourth-order valence-corrected chi connectivity index (χ4v) is 2.20. The van der Waals surface area contributed by atoms with Gasteiger partial charge in [0, 0.05) is 18.8 Å². The predicted octanol–water partition coefficient (Wildman–Crippen LogP) is 1.05. The van der Waals surface area contributed by atoms with Gasteiger partial charge < -0.3 is 11.5 Å². The summed E-state index contributed by atoms with van der Waals surface area (Å²) in [5, 5.41) is 0. The van der Waals surface area contributed by atoms with Crippen molar-refractivity contribution < 1.29 is 0 Å². The zero-order valence-electron chi connectivity index (χ0n) is 9.02. The van der Waals surface area contributed by atoms with Gasteiger partial charge in [-0.2, -0.15) is 0 Å². The Morgan fingerprint density at radius 3 is 2.93 bits per heavy atom. The highest BCUT2D eigenvalue weighted by atomic mass is 15.1. The van der Waals surface area contributed by atoms with E-state index in [1.54, 1.807) is 0 Å². The number of likely N-dealkylation sites (tertiary alicyclic amines) is 1. The first-order chi connectivity index (χ1) is 7.28. The first-order valence-corrected chi connectivity index (χ1v) is 5.55. The number of hydrogen-bond acceptors (Lipinski definition) is 3. The number of anilines is 1. The van der Waals surface area contributed by atoms with Gasteiger partial charge in [-0.1, -0.05) is 12.1 Å². The van der Waals surface area contributed by atoms with E-state index in [9.17, 15) is 0 Å². The van der Waals surface area contributed by atoms with Crippen LogP contribution in [0.4, 0.5) is 5.69 Å². The summed E-state index contributed by atoms with van der Waals surface area (Å²) in [4.78, 5) is 2.45. The molecule has 1 aliphatic heterocycles. The summed E-state index contributed by atoms with van der Waals surface area (Å²) in [7, 11) is 0. The Hall–Kier alpha value is -1.06. The van der Waals surface area contributed by atoms with Crippen LogP contribution in [0.25, 0.3) is 0 Å². The number of hydrogen-bond donors (Lipinski definition) is 2. The van der Waals surface area contributed by atoms with Crippen LogP contribution in [0.3, 0.4) is 0 Å². The Kier molecular flexibility index (Phi) is 3.23. The Labute approximate surface area is 91.1 Å². The Balaban J connectivity index is 1.92. The summed E-state index contributed by atoms with van der Waals surface area (Å²) in [5.41, 5.74) is 13.6. The molecule has 82 valence electrons. The van der Waals surface area contributed by atoms with Crippen LogP contribution in [0, 0.1) is 5.92 Å². The molecule has 1 unspecified atom stereocenters. The fraction of sp³-hybridized carbons (Fsp3) is 0.500. The second-order valence-electron chi connectivity index (χ2n) is 4.37. The molecule has 3 nitrogen and oxygen atoms in total. The quantitative estimate of drug-likeness (QED) is 0.725. The molecule has 1 saturated heterocycles. The third-order valence-electron chi connectivity index (χ3n) is 3.06. The van der Waals surface area contributed by atoms with Crippen LogP contribution < -0.4 is 11.5 Å². The molecule has 3 heteroatoms. The second-order valence-corrected chi connectivity index (χ2v) is 4.37. The second kappa shape index (κ2) is 4.64. The minimum Gasteiger partial charge on any atom is -0.399 e. The molecule has 0 radical (unpaired) electrons. The van der Waals surface area contributed by atoms with Crippen molar-refractivity contribution >= 4 is 5.69 Å². The summed E-state index contributed by atoms with van der Waals surface area (Å²) in [5.74, 6) is 0.686. The lowest BCUT2D eigenvalue weighted by Gasteiger charge is -2.15. The molecular formula is C12H19N3. The molecule has 15 heavy (non-hydrogen) atoms. The highest BCUT2D eigenvalue weighted by molar-refractivity contribution is 5.40. The van der Waals surface area contributed by atoms with E-state index in [1.165, 1.54) is 12.0 Å². The molecular weight excluding hydrogens is 186 g/mol. The van der Waals surface area contributed by atoms with Crippen molar-refractivity contribution in [1.29, 1.82) is 0 Å². The zero-order valence-corrected chi connectivity index (χ0v) is 9.02. The van der Waals surface area contributed by atoms with Gasteiger partial charge in [0.1, 0.15) is 0 Å². The van der Waals surface area contributed by atoms with Crippen molar-refractivity contribution in [2.24, 2.45) is 11.7 Å². The zero-order chi connectivity index (χ0) is 10.7.